The summed E-state index contributed by atoms with van der Waals surface area (Å²) in [5.41, 5.74) is 3.49. The molecule has 2 heteroatoms. The summed E-state index contributed by atoms with van der Waals surface area (Å²) in [7, 11) is 0. The molecule has 2 aromatic rings. The van der Waals surface area contributed by atoms with E-state index in [1.54, 1.807) is 0 Å². The molecule has 1 aliphatic carbocycles. The molecule has 2 nitrogen and oxygen atoms in total. The molecule has 1 fully saturated rings. The Morgan fingerprint density at radius 2 is 1.60 bits per heavy atom. The summed E-state index contributed by atoms with van der Waals surface area (Å²) >= 11 is 0. The van der Waals surface area contributed by atoms with Crippen LogP contribution in [0.15, 0.2) is 48.5 Å². The molecule has 4 rings (SSSR count). The number of rotatable bonds is 2. The van der Waals surface area contributed by atoms with Crippen LogP contribution in [0.3, 0.4) is 0 Å². The lowest BCUT2D eigenvalue weighted by Gasteiger charge is -2.30. The van der Waals surface area contributed by atoms with Crippen LogP contribution in [0.2, 0.25) is 0 Å². The second-order valence-electron chi connectivity index (χ2n) is 5.84. The highest BCUT2D eigenvalue weighted by Gasteiger charge is 2.28. The highest BCUT2D eigenvalue weighted by atomic mass is 16.5. The summed E-state index contributed by atoms with van der Waals surface area (Å²) in [6.45, 7) is 0. The molecule has 0 spiro atoms. The molecular formula is C18H18O2. The molecule has 0 bridgehead atoms. The molecule has 1 unspecified atom stereocenters. The minimum absolute atomic E-state index is 0.0480. The van der Waals surface area contributed by atoms with Crippen molar-refractivity contribution >= 4 is 0 Å². The largest absolute Gasteiger partial charge is 0.485 e. The van der Waals surface area contributed by atoms with Gasteiger partial charge in [0.15, 0.2) is 0 Å². The van der Waals surface area contributed by atoms with Crippen LogP contribution in [0, 0.1) is 0 Å². The minimum atomic E-state index is -0.437. The Morgan fingerprint density at radius 3 is 2.35 bits per heavy atom. The molecule has 102 valence electrons. The van der Waals surface area contributed by atoms with E-state index in [1.807, 2.05) is 24.3 Å². The van der Waals surface area contributed by atoms with E-state index in [0.29, 0.717) is 6.42 Å². The van der Waals surface area contributed by atoms with Gasteiger partial charge in [-0.3, -0.25) is 0 Å². The average Bonchev–Trinajstić information content (AvgIpc) is 3.32. The predicted molar refractivity (Wildman–Crippen MR) is 77.8 cm³/mol. The maximum Gasteiger partial charge on any atom is 0.127 e. The molecular weight excluding hydrogens is 248 g/mol. The van der Waals surface area contributed by atoms with Crippen molar-refractivity contribution in [3.05, 3.63) is 65.2 Å². The topological polar surface area (TPSA) is 29.5 Å². The molecule has 0 saturated heterocycles. The quantitative estimate of drug-likeness (QED) is 0.886. The van der Waals surface area contributed by atoms with Crippen LogP contribution in [-0.2, 0) is 0 Å². The molecule has 2 aromatic carbocycles. The van der Waals surface area contributed by atoms with Crippen molar-refractivity contribution in [2.24, 2.45) is 0 Å². The molecule has 1 heterocycles. The Labute approximate surface area is 119 Å². The Morgan fingerprint density at radius 1 is 0.900 bits per heavy atom. The van der Waals surface area contributed by atoms with Gasteiger partial charge >= 0.3 is 0 Å². The molecule has 1 aliphatic heterocycles. The second-order valence-corrected chi connectivity index (χ2v) is 5.84. The molecule has 20 heavy (non-hydrogen) atoms. The lowest BCUT2D eigenvalue weighted by Crippen LogP contribution is -2.18. The van der Waals surface area contributed by atoms with Crippen LogP contribution in [-0.4, -0.2) is 5.11 Å². The maximum atomic E-state index is 10.3. The van der Waals surface area contributed by atoms with Gasteiger partial charge in [0.2, 0.25) is 0 Å². The van der Waals surface area contributed by atoms with Gasteiger partial charge in [-0.05, 0) is 36.0 Å². The van der Waals surface area contributed by atoms with E-state index in [-0.39, 0.29) is 6.10 Å². The molecule has 2 aliphatic rings. The number of para-hydroxylation sites is 1. The van der Waals surface area contributed by atoms with E-state index < -0.39 is 6.10 Å². The zero-order valence-electron chi connectivity index (χ0n) is 11.3. The summed E-state index contributed by atoms with van der Waals surface area (Å²) < 4.78 is 6.04. The van der Waals surface area contributed by atoms with E-state index in [4.69, 9.17) is 4.74 Å². The fraction of sp³-hybridized carbons (Fsp3) is 0.333. The average molecular weight is 266 g/mol. The van der Waals surface area contributed by atoms with Crippen LogP contribution in [0.4, 0.5) is 0 Å². The Kier molecular flexibility index (Phi) is 2.78. The number of ether oxygens (including phenoxy) is 1. The SMILES string of the molecule is O[C@H]1CC(c2ccc(C3CC3)cc2)Oc2ccccc21. The Hall–Kier alpha value is -1.80. The summed E-state index contributed by atoms with van der Waals surface area (Å²) in [4.78, 5) is 0. The monoisotopic (exact) mass is 266 g/mol. The van der Waals surface area contributed by atoms with Gasteiger partial charge in [0, 0.05) is 12.0 Å². The third kappa shape index (κ3) is 2.10. The predicted octanol–water partition coefficient (Wildman–Crippen LogP) is 4.12. The highest BCUT2D eigenvalue weighted by Crippen LogP contribution is 2.42. The van der Waals surface area contributed by atoms with Gasteiger partial charge in [0.05, 0.1) is 6.10 Å². The van der Waals surface area contributed by atoms with Gasteiger partial charge in [0.25, 0.3) is 0 Å². The zero-order chi connectivity index (χ0) is 13.5. The number of hydrogen-bond donors (Lipinski definition) is 1. The first-order valence-electron chi connectivity index (χ1n) is 7.35. The van der Waals surface area contributed by atoms with Gasteiger partial charge < -0.3 is 9.84 Å². The van der Waals surface area contributed by atoms with E-state index in [0.717, 1.165) is 22.8 Å². The third-order valence-corrected chi connectivity index (χ3v) is 4.34. The van der Waals surface area contributed by atoms with E-state index in [9.17, 15) is 5.11 Å². The van der Waals surface area contributed by atoms with Crippen LogP contribution in [0.25, 0.3) is 0 Å². The summed E-state index contributed by atoms with van der Waals surface area (Å²) in [5, 5.41) is 10.3. The number of aliphatic hydroxyl groups is 1. The van der Waals surface area contributed by atoms with Crippen LogP contribution in [0.1, 0.15) is 54.1 Å². The third-order valence-electron chi connectivity index (χ3n) is 4.34. The maximum absolute atomic E-state index is 10.3. The van der Waals surface area contributed by atoms with Gasteiger partial charge in [-0.2, -0.15) is 0 Å². The Balaban J connectivity index is 1.60. The first-order valence-corrected chi connectivity index (χ1v) is 7.35. The fourth-order valence-corrected chi connectivity index (χ4v) is 3.00. The summed E-state index contributed by atoms with van der Waals surface area (Å²) in [6.07, 6.45) is 2.79. The molecule has 1 N–H and O–H groups in total. The fourth-order valence-electron chi connectivity index (χ4n) is 3.00. The van der Waals surface area contributed by atoms with Gasteiger partial charge in [-0.25, -0.2) is 0 Å². The number of fused-ring (bicyclic) bond motifs is 1. The number of benzene rings is 2. The first kappa shape index (κ1) is 12.0. The molecule has 0 amide bonds. The molecule has 0 radical (unpaired) electrons. The second kappa shape index (κ2) is 4.64. The van der Waals surface area contributed by atoms with Gasteiger partial charge in [-0.15, -0.1) is 0 Å². The normalized spacial score (nSPS) is 24.9. The lowest BCUT2D eigenvalue weighted by atomic mass is 9.94. The minimum Gasteiger partial charge on any atom is -0.485 e. The van der Waals surface area contributed by atoms with Crippen molar-refractivity contribution < 1.29 is 9.84 Å². The van der Waals surface area contributed by atoms with Crippen LogP contribution in [0.5, 0.6) is 5.75 Å². The molecule has 0 aromatic heterocycles. The van der Waals surface area contributed by atoms with Crippen molar-refractivity contribution in [3.63, 3.8) is 0 Å². The van der Waals surface area contributed by atoms with Crippen LogP contribution < -0.4 is 4.74 Å². The van der Waals surface area contributed by atoms with Crippen molar-refractivity contribution in [2.75, 3.05) is 0 Å². The first-order chi connectivity index (χ1) is 9.81. The van der Waals surface area contributed by atoms with E-state index >= 15 is 0 Å². The highest BCUT2D eigenvalue weighted by molar-refractivity contribution is 5.39. The lowest BCUT2D eigenvalue weighted by molar-refractivity contribution is 0.0657. The molecule has 1 saturated carbocycles. The molecule has 2 atom stereocenters. The standard InChI is InChI=1S/C18H18O2/c19-16-11-18(20-17-4-2-1-3-15(16)17)14-9-7-13(8-10-14)12-5-6-12/h1-4,7-10,12,16,18-19H,5-6,11H2/t16-,18?/m0/s1. The van der Waals surface area contributed by atoms with Gasteiger partial charge in [-0.1, -0.05) is 42.5 Å². The van der Waals surface area contributed by atoms with Crippen molar-refractivity contribution in [1.29, 1.82) is 0 Å². The van der Waals surface area contributed by atoms with E-state index in [1.165, 1.54) is 18.4 Å². The van der Waals surface area contributed by atoms with Crippen LogP contribution >= 0.6 is 0 Å². The summed E-state index contributed by atoms with van der Waals surface area (Å²) in [5.74, 6) is 1.59. The Bertz CT molecular complexity index is 614. The smallest absolute Gasteiger partial charge is 0.127 e. The van der Waals surface area contributed by atoms with Crippen molar-refractivity contribution in [1.82, 2.24) is 0 Å². The number of hydrogen-bond acceptors (Lipinski definition) is 2. The number of aliphatic hydroxyl groups excluding tert-OH is 1. The zero-order valence-corrected chi connectivity index (χ0v) is 11.3. The van der Waals surface area contributed by atoms with E-state index in [2.05, 4.69) is 24.3 Å². The van der Waals surface area contributed by atoms with Gasteiger partial charge in [0.1, 0.15) is 11.9 Å². The summed E-state index contributed by atoms with van der Waals surface area (Å²) in [6, 6.07) is 16.5. The van der Waals surface area contributed by atoms with Crippen molar-refractivity contribution in [3.8, 4) is 5.75 Å². The van der Waals surface area contributed by atoms with Crippen molar-refractivity contribution in [2.45, 2.75) is 37.4 Å².